The molecule has 3 rings (SSSR count). The lowest BCUT2D eigenvalue weighted by molar-refractivity contribution is -0.140. The van der Waals surface area contributed by atoms with Gasteiger partial charge in [-0.25, -0.2) is 9.59 Å². The minimum atomic E-state index is -3.60. The van der Waals surface area contributed by atoms with Crippen LogP contribution in [0.15, 0.2) is 54.6 Å². The fraction of sp³-hybridized carbons (Fsp3) is 0.391. The Kier molecular flexibility index (Phi) is 7.49. The lowest BCUT2D eigenvalue weighted by Crippen LogP contribution is -2.43. The van der Waals surface area contributed by atoms with Crippen molar-refractivity contribution in [3.05, 3.63) is 70.7 Å². The van der Waals surface area contributed by atoms with Gasteiger partial charge in [-0.1, -0.05) is 79.7 Å². The summed E-state index contributed by atoms with van der Waals surface area (Å²) in [5.41, 5.74) is -0.340. The van der Waals surface area contributed by atoms with Gasteiger partial charge in [-0.2, -0.15) is 8.78 Å². The average molecular weight is 452 g/mol. The van der Waals surface area contributed by atoms with Crippen LogP contribution in [0.1, 0.15) is 49.3 Å². The second-order valence-electron chi connectivity index (χ2n) is 7.75. The maximum absolute atomic E-state index is 15.4. The van der Waals surface area contributed by atoms with E-state index in [4.69, 9.17) is 16.3 Å². The van der Waals surface area contributed by atoms with Gasteiger partial charge in [-0.15, -0.1) is 0 Å². The average Bonchev–Trinajstić information content (AvgIpc) is 3.25. The third-order valence-corrected chi connectivity index (χ3v) is 5.74. The number of hydrogen-bond acceptors (Lipinski definition) is 3. The van der Waals surface area contributed by atoms with Gasteiger partial charge in [0.05, 0.1) is 0 Å². The number of carboxylic acid groups (broad SMARTS) is 1. The molecule has 1 amide bonds. The number of carbonyl (C=O) groups excluding carboxylic acids is 1. The lowest BCUT2D eigenvalue weighted by Gasteiger charge is -2.28. The predicted molar refractivity (Wildman–Crippen MR) is 112 cm³/mol. The zero-order chi connectivity index (χ0) is 22.4. The van der Waals surface area contributed by atoms with E-state index < -0.39 is 35.7 Å². The van der Waals surface area contributed by atoms with Gasteiger partial charge in [-0.05, 0) is 30.0 Å². The van der Waals surface area contributed by atoms with Crippen LogP contribution in [0.5, 0.6) is 0 Å². The molecule has 2 N–H and O–H groups in total. The number of hydrogen-bond donors (Lipinski definition) is 2. The monoisotopic (exact) mass is 451 g/mol. The molecule has 1 aliphatic carbocycles. The maximum Gasteiger partial charge on any atom is 0.408 e. The van der Waals surface area contributed by atoms with E-state index in [1.54, 1.807) is 18.2 Å². The smallest absolute Gasteiger partial charge is 0.408 e. The molecule has 0 spiro atoms. The van der Waals surface area contributed by atoms with Crippen LogP contribution in [0.3, 0.4) is 0 Å². The molecule has 1 unspecified atom stereocenters. The Hall–Kier alpha value is -2.67. The van der Waals surface area contributed by atoms with Crippen LogP contribution in [0, 0.1) is 5.92 Å². The SMILES string of the molecule is O=C(N[C@@H](CC1CCCC1)C(=O)O)OC(c1ccccc1)C(F)(F)c1cccc(Cl)c1. The minimum Gasteiger partial charge on any atom is -0.480 e. The van der Waals surface area contributed by atoms with Gasteiger partial charge in [0, 0.05) is 10.6 Å². The van der Waals surface area contributed by atoms with Gasteiger partial charge in [0.2, 0.25) is 0 Å². The summed E-state index contributed by atoms with van der Waals surface area (Å²) in [5, 5.41) is 11.8. The topological polar surface area (TPSA) is 75.6 Å². The molecular weight excluding hydrogens is 428 g/mol. The molecule has 0 heterocycles. The van der Waals surface area contributed by atoms with Gasteiger partial charge < -0.3 is 15.2 Å². The Bertz CT molecular complexity index is 903. The van der Waals surface area contributed by atoms with E-state index in [9.17, 15) is 14.7 Å². The summed E-state index contributed by atoms with van der Waals surface area (Å²) in [6, 6.07) is 11.6. The number of nitrogens with one attached hydrogen (secondary N) is 1. The van der Waals surface area contributed by atoms with Crippen molar-refractivity contribution >= 4 is 23.7 Å². The van der Waals surface area contributed by atoms with Gasteiger partial charge in [0.1, 0.15) is 6.04 Å². The van der Waals surface area contributed by atoms with E-state index in [2.05, 4.69) is 5.32 Å². The first-order valence-corrected chi connectivity index (χ1v) is 10.5. The quantitative estimate of drug-likeness (QED) is 0.521. The molecule has 0 bridgehead atoms. The van der Waals surface area contributed by atoms with Gasteiger partial charge in [0.15, 0.2) is 6.10 Å². The summed E-state index contributed by atoms with van der Waals surface area (Å²) in [5.74, 6) is -4.64. The number of carbonyl (C=O) groups is 2. The first-order chi connectivity index (χ1) is 14.8. The standard InChI is InChI=1S/C23H24ClF2NO4/c24-18-12-6-11-17(14-18)23(25,26)20(16-9-2-1-3-10-16)31-22(30)27-19(21(28)29)13-15-7-4-5-8-15/h1-3,6,9-12,14-15,19-20H,4-5,7-8,13H2,(H,27,30)(H,28,29)/t19-,20?/m0/s1. The molecular formula is C23H24ClF2NO4. The highest BCUT2D eigenvalue weighted by Crippen LogP contribution is 2.43. The van der Waals surface area contributed by atoms with E-state index in [0.717, 1.165) is 31.7 Å². The number of alkyl halides is 2. The minimum absolute atomic E-state index is 0.0743. The first kappa shape index (κ1) is 23.0. The zero-order valence-electron chi connectivity index (χ0n) is 16.8. The summed E-state index contributed by atoms with van der Waals surface area (Å²) in [7, 11) is 0. The van der Waals surface area contributed by atoms with E-state index in [0.29, 0.717) is 0 Å². The molecule has 2 atom stereocenters. The summed E-state index contributed by atoms with van der Waals surface area (Å²) in [4.78, 5) is 24.1. The Morgan fingerprint density at radius 3 is 2.42 bits per heavy atom. The molecule has 166 valence electrons. The zero-order valence-corrected chi connectivity index (χ0v) is 17.5. The molecule has 2 aromatic rings. The first-order valence-electron chi connectivity index (χ1n) is 10.2. The molecule has 0 saturated heterocycles. The fourth-order valence-electron chi connectivity index (χ4n) is 3.91. The van der Waals surface area contributed by atoms with Crippen molar-refractivity contribution in [3.63, 3.8) is 0 Å². The Morgan fingerprint density at radius 2 is 1.81 bits per heavy atom. The molecule has 0 radical (unpaired) electrons. The molecule has 0 aliphatic heterocycles. The molecule has 31 heavy (non-hydrogen) atoms. The van der Waals surface area contributed by atoms with E-state index in [1.807, 2.05) is 0 Å². The van der Waals surface area contributed by atoms with Crippen molar-refractivity contribution in [1.82, 2.24) is 5.32 Å². The number of rotatable bonds is 8. The molecule has 1 saturated carbocycles. The van der Waals surface area contributed by atoms with Crippen LogP contribution < -0.4 is 5.32 Å². The van der Waals surface area contributed by atoms with Gasteiger partial charge in [-0.3, -0.25) is 0 Å². The highest BCUT2D eigenvalue weighted by molar-refractivity contribution is 6.30. The third-order valence-electron chi connectivity index (χ3n) is 5.50. The number of benzene rings is 2. The number of aliphatic carboxylic acids is 1. The highest BCUT2D eigenvalue weighted by atomic mass is 35.5. The van der Waals surface area contributed by atoms with Crippen molar-refractivity contribution in [2.24, 2.45) is 5.92 Å². The van der Waals surface area contributed by atoms with Gasteiger partial charge >= 0.3 is 18.0 Å². The van der Waals surface area contributed by atoms with Crippen LogP contribution in [0.4, 0.5) is 13.6 Å². The van der Waals surface area contributed by atoms with E-state index in [-0.39, 0.29) is 22.9 Å². The number of carboxylic acids is 1. The van der Waals surface area contributed by atoms with Crippen LogP contribution in [-0.4, -0.2) is 23.2 Å². The maximum atomic E-state index is 15.4. The fourth-order valence-corrected chi connectivity index (χ4v) is 4.10. The van der Waals surface area contributed by atoms with Crippen molar-refractivity contribution in [2.45, 2.75) is 50.2 Å². The van der Waals surface area contributed by atoms with Crippen molar-refractivity contribution < 1.29 is 28.2 Å². The molecule has 0 aromatic heterocycles. The van der Waals surface area contributed by atoms with Crippen LogP contribution in [-0.2, 0) is 15.5 Å². The summed E-state index contributed by atoms with van der Waals surface area (Å²) in [6.45, 7) is 0. The van der Waals surface area contributed by atoms with Crippen LogP contribution in [0.2, 0.25) is 5.02 Å². The number of ether oxygens (including phenoxy) is 1. The Balaban J connectivity index is 1.81. The Labute approximate surface area is 184 Å². The van der Waals surface area contributed by atoms with Crippen molar-refractivity contribution in [3.8, 4) is 0 Å². The summed E-state index contributed by atoms with van der Waals surface area (Å²) >= 11 is 5.87. The largest absolute Gasteiger partial charge is 0.480 e. The van der Waals surface area contributed by atoms with Crippen molar-refractivity contribution in [1.29, 1.82) is 0 Å². The van der Waals surface area contributed by atoms with Crippen molar-refractivity contribution in [2.75, 3.05) is 0 Å². The molecule has 1 aliphatic rings. The Morgan fingerprint density at radius 1 is 1.13 bits per heavy atom. The second kappa shape index (κ2) is 10.1. The number of halogens is 3. The number of alkyl carbamates (subject to hydrolysis) is 1. The highest BCUT2D eigenvalue weighted by Gasteiger charge is 2.46. The molecule has 2 aromatic carbocycles. The molecule has 8 heteroatoms. The van der Waals surface area contributed by atoms with Crippen LogP contribution in [0.25, 0.3) is 0 Å². The number of amides is 1. The van der Waals surface area contributed by atoms with E-state index >= 15 is 8.78 Å². The lowest BCUT2D eigenvalue weighted by atomic mass is 9.97. The van der Waals surface area contributed by atoms with Gasteiger partial charge in [0.25, 0.3) is 0 Å². The third kappa shape index (κ3) is 5.94. The predicted octanol–water partition coefficient (Wildman–Crippen LogP) is 5.93. The summed E-state index contributed by atoms with van der Waals surface area (Å²) < 4.78 is 35.9. The second-order valence-corrected chi connectivity index (χ2v) is 8.19. The molecule has 1 fully saturated rings. The normalized spacial score (nSPS) is 16.5. The molecule has 5 nitrogen and oxygen atoms in total. The summed E-state index contributed by atoms with van der Waals surface area (Å²) in [6.07, 6.45) is 0.881. The van der Waals surface area contributed by atoms with Crippen LogP contribution >= 0.6 is 11.6 Å². The van der Waals surface area contributed by atoms with E-state index in [1.165, 1.54) is 30.3 Å².